The number of carbonyl (C=O) groups is 2. The number of benzene rings is 2. The van der Waals surface area contributed by atoms with Crippen molar-refractivity contribution in [3.8, 4) is 0 Å². The number of piperidine rings is 1. The van der Waals surface area contributed by atoms with Gasteiger partial charge in [-0.3, -0.25) is 14.5 Å². The van der Waals surface area contributed by atoms with Crippen LogP contribution in [0, 0.1) is 5.92 Å². The van der Waals surface area contributed by atoms with E-state index in [0.717, 1.165) is 42.9 Å². The number of rotatable bonds is 7. The number of nitrogens with zero attached hydrogens (tertiary/aromatic N) is 1. The number of para-hydroxylation sites is 1. The van der Waals surface area contributed by atoms with Crippen LogP contribution in [-0.2, 0) is 11.3 Å². The first kappa shape index (κ1) is 22.3. The minimum Gasteiger partial charge on any atom is -0.350 e. The molecule has 6 heteroatoms. The third-order valence-electron chi connectivity index (χ3n) is 5.65. The maximum atomic E-state index is 13.0. The van der Waals surface area contributed by atoms with E-state index in [1.165, 1.54) is 0 Å². The lowest BCUT2D eigenvalue weighted by Gasteiger charge is -2.32. The molecular formula is C24H30ClN3O2. The van der Waals surface area contributed by atoms with E-state index in [2.05, 4.69) is 15.5 Å². The fourth-order valence-electron chi connectivity index (χ4n) is 3.71. The second-order valence-electron chi connectivity index (χ2n) is 7.98. The lowest BCUT2D eigenvalue weighted by molar-refractivity contribution is -0.121. The molecule has 160 valence electrons. The zero-order valence-electron chi connectivity index (χ0n) is 17.7. The lowest BCUT2D eigenvalue weighted by atomic mass is 9.96. The number of amides is 2. The van der Waals surface area contributed by atoms with Crippen molar-refractivity contribution in [2.45, 2.75) is 45.7 Å². The standard InChI is InChI=1S/C24H30ClN3O2/c1-3-17(2)26-24(30)20-11-5-7-13-22(20)27-23(29)19-10-8-14-28(16-19)15-18-9-4-6-12-21(18)25/h4-7,9,11-13,17,19H,3,8,10,14-16H2,1-2H3,(H,26,30)(H,27,29)/t17-,19+/m0/s1. The van der Waals surface area contributed by atoms with Crippen molar-refractivity contribution >= 4 is 29.1 Å². The molecule has 1 heterocycles. The van der Waals surface area contributed by atoms with Gasteiger partial charge in [0, 0.05) is 24.2 Å². The highest BCUT2D eigenvalue weighted by atomic mass is 35.5. The van der Waals surface area contributed by atoms with Crippen molar-refractivity contribution < 1.29 is 9.59 Å². The van der Waals surface area contributed by atoms with E-state index in [1.54, 1.807) is 12.1 Å². The van der Waals surface area contributed by atoms with E-state index < -0.39 is 0 Å². The summed E-state index contributed by atoms with van der Waals surface area (Å²) in [7, 11) is 0. The summed E-state index contributed by atoms with van der Waals surface area (Å²) in [5.74, 6) is -0.321. The second kappa shape index (κ2) is 10.6. The number of nitrogens with one attached hydrogen (secondary N) is 2. The quantitative estimate of drug-likeness (QED) is 0.672. The van der Waals surface area contributed by atoms with Gasteiger partial charge in [0.05, 0.1) is 17.2 Å². The van der Waals surface area contributed by atoms with Gasteiger partial charge in [-0.25, -0.2) is 0 Å². The molecule has 2 aromatic carbocycles. The Kier molecular flexibility index (Phi) is 7.88. The molecular weight excluding hydrogens is 398 g/mol. The number of hydrogen-bond acceptors (Lipinski definition) is 3. The predicted octanol–water partition coefficient (Wildman–Crippen LogP) is 4.72. The van der Waals surface area contributed by atoms with Gasteiger partial charge in [0.2, 0.25) is 5.91 Å². The SMILES string of the molecule is CC[C@H](C)NC(=O)c1ccccc1NC(=O)[C@@H]1CCCN(Cc2ccccc2Cl)C1. The van der Waals surface area contributed by atoms with Crippen molar-refractivity contribution in [1.29, 1.82) is 0 Å². The van der Waals surface area contributed by atoms with Gasteiger partial charge >= 0.3 is 0 Å². The van der Waals surface area contributed by atoms with E-state index >= 15 is 0 Å². The van der Waals surface area contributed by atoms with E-state index in [4.69, 9.17) is 11.6 Å². The second-order valence-corrected chi connectivity index (χ2v) is 8.39. The van der Waals surface area contributed by atoms with Crippen LogP contribution in [0.5, 0.6) is 0 Å². The Bertz CT molecular complexity index is 886. The average Bonchev–Trinajstić information content (AvgIpc) is 2.75. The summed E-state index contributed by atoms with van der Waals surface area (Å²) in [5, 5.41) is 6.72. The molecule has 0 aromatic heterocycles. The summed E-state index contributed by atoms with van der Waals surface area (Å²) in [6.45, 7) is 6.35. The Morgan fingerprint density at radius 2 is 1.90 bits per heavy atom. The van der Waals surface area contributed by atoms with Crippen molar-refractivity contribution in [3.05, 3.63) is 64.7 Å². The van der Waals surface area contributed by atoms with Crippen molar-refractivity contribution in [3.63, 3.8) is 0 Å². The lowest BCUT2D eigenvalue weighted by Crippen LogP contribution is -2.40. The fourth-order valence-corrected chi connectivity index (χ4v) is 3.90. The topological polar surface area (TPSA) is 61.4 Å². The van der Waals surface area contributed by atoms with Crippen molar-refractivity contribution in [2.24, 2.45) is 5.92 Å². The first-order valence-corrected chi connectivity index (χ1v) is 11.0. The van der Waals surface area contributed by atoms with E-state index in [9.17, 15) is 9.59 Å². The monoisotopic (exact) mass is 427 g/mol. The summed E-state index contributed by atoms with van der Waals surface area (Å²) in [6, 6.07) is 15.1. The van der Waals surface area contributed by atoms with Gasteiger partial charge < -0.3 is 10.6 Å². The summed E-state index contributed by atoms with van der Waals surface area (Å²) in [4.78, 5) is 27.9. The Morgan fingerprint density at radius 3 is 2.67 bits per heavy atom. The number of hydrogen-bond donors (Lipinski definition) is 2. The van der Waals surface area contributed by atoms with Crippen LogP contribution >= 0.6 is 11.6 Å². The van der Waals surface area contributed by atoms with Gasteiger partial charge in [-0.2, -0.15) is 0 Å². The summed E-state index contributed by atoms with van der Waals surface area (Å²) in [5.41, 5.74) is 2.13. The van der Waals surface area contributed by atoms with E-state index in [1.807, 2.05) is 50.2 Å². The third-order valence-corrected chi connectivity index (χ3v) is 6.02. The number of halogens is 1. The van der Waals surface area contributed by atoms with Gasteiger partial charge in [-0.15, -0.1) is 0 Å². The van der Waals surface area contributed by atoms with Gasteiger partial charge in [-0.1, -0.05) is 48.9 Å². The minimum atomic E-state index is -0.163. The van der Waals surface area contributed by atoms with Gasteiger partial charge in [0.1, 0.15) is 0 Å². The maximum absolute atomic E-state index is 13.0. The largest absolute Gasteiger partial charge is 0.350 e. The van der Waals surface area contributed by atoms with E-state index in [-0.39, 0.29) is 23.8 Å². The Balaban J connectivity index is 1.64. The molecule has 2 N–H and O–H groups in total. The number of anilines is 1. The smallest absolute Gasteiger partial charge is 0.253 e. The zero-order chi connectivity index (χ0) is 21.5. The molecule has 1 fully saturated rings. The predicted molar refractivity (Wildman–Crippen MR) is 122 cm³/mol. The molecule has 1 aliphatic heterocycles. The zero-order valence-corrected chi connectivity index (χ0v) is 18.4. The van der Waals surface area contributed by atoms with Crippen LogP contribution in [0.3, 0.4) is 0 Å². The molecule has 30 heavy (non-hydrogen) atoms. The van der Waals surface area contributed by atoms with Crippen LogP contribution in [-0.4, -0.2) is 35.8 Å². The fraction of sp³-hybridized carbons (Fsp3) is 0.417. The molecule has 5 nitrogen and oxygen atoms in total. The summed E-state index contributed by atoms with van der Waals surface area (Å²) < 4.78 is 0. The average molecular weight is 428 g/mol. The normalized spacial score (nSPS) is 17.9. The molecule has 0 aliphatic carbocycles. The Morgan fingerprint density at radius 1 is 1.17 bits per heavy atom. The molecule has 1 aliphatic rings. The molecule has 1 saturated heterocycles. The minimum absolute atomic E-state index is 0.0392. The van der Waals surface area contributed by atoms with Crippen LogP contribution in [0.25, 0.3) is 0 Å². The third kappa shape index (κ3) is 5.83. The molecule has 3 rings (SSSR count). The van der Waals surface area contributed by atoms with Crippen LogP contribution in [0.4, 0.5) is 5.69 Å². The van der Waals surface area contributed by atoms with Crippen LogP contribution in [0.2, 0.25) is 5.02 Å². The first-order chi connectivity index (χ1) is 14.5. The van der Waals surface area contributed by atoms with Crippen LogP contribution in [0.15, 0.2) is 48.5 Å². The highest BCUT2D eigenvalue weighted by molar-refractivity contribution is 6.31. The van der Waals surface area contributed by atoms with E-state index in [0.29, 0.717) is 17.8 Å². The Labute approximate surface area is 183 Å². The molecule has 0 saturated carbocycles. The number of carbonyl (C=O) groups excluding carboxylic acids is 2. The molecule has 0 unspecified atom stereocenters. The highest BCUT2D eigenvalue weighted by Gasteiger charge is 2.27. The van der Waals surface area contributed by atoms with Gasteiger partial charge in [0.15, 0.2) is 0 Å². The number of likely N-dealkylation sites (tertiary alicyclic amines) is 1. The van der Waals surface area contributed by atoms with Crippen LogP contribution < -0.4 is 10.6 Å². The molecule has 0 spiro atoms. The molecule has 2 atom stereocenters. The van der Waals surface area contributed by atoms with Gasteiger partial charge in [-0.05, 0) is 56.5 Å². The molecule has 0 bridgehead atoms. The van der Waals surface area contributed by atoms with Crippen molar-refractivity contribution in [1.82, 2.24) is 10.2 Å². The molecule has 2 aromatic rings. The molecule has 2 amide bonds. The summed E-state index contributed by atoms with van der Waals surface area (Å²) >= 11 is 6.30. The first-order valence-electron chi connectivity index (χ1n) is 10.6. The Hall–Kier alpha value is -2.37. The maximum Gasteiger partial charge on any atom is 0.253 e. The molecule has 0 radical (unpaired) electrons. The van der Waals surface area contributed by atoms with Crippen molar-refractivity contribution in [2.75, 3.05) is 18.4 Å². The van der Waals surface area contributed by atoms with Gasteiger partial charge in [0.25, 0.3) is 5.91 Å². The highest BCUT2D eigenvalue weighted by Crippen LogP contribution is 2.24. The van der Waals surface area contributed by atoms with Crippen LogP contribution in [0.1, 0.15) is 49.0 Å². The summed E-state index contributed by atoms with van der Waals surface area (Å²) in [6.07, 6.45) is 2.65.